The van der Waals surface area contributed by atoms with Crippen LogP contribution >= 0.6 is 17.0 Å². The summed E-state index contributed by atoms with van der Waals surface area (Å²) in [5, 5.41) is 2.98. The van der Waals surface area contributed by atoms with Gasteiger partial charge in [0, 0.05) is 0 Å². The van der Waals surface area contributed by atoms with Crippen molar-refractivity contribution in [2.24, 2.45) is 0 Å². The predicted molar refractivity (Wildman–Crippen MR) is 213 cm³/mol. The second kappa shape index (κ2) is 11.8. The van der Waals surface area contributed by atoms with E-state index in [1.807, 2.05) is 0 Å². The monoisotopic (exact) mass is 773 g/mol. The van der Waals surface area contributed by atoms with Crippen LogP contribution in [0, 0.1) is 0 Å². The van der Waals surface area contributed by atoms with Crippen molar-refractivity contribution in [3.8, 4) is 22.3 Å². The van der Waals surface area contributed by atoms with Gasteiger partial charge in [-0.05, 0) is 0 Å². The van der Waals surface area contributed by atoms with Crippen molar-refractivity contribution in [3.63, 3.8) is 0 Å². The predicted octanol–water partition coefficient (Wildman–Crippen LogP) is 11.7. The average Bonchev–Trinajstić information content (AvgIpc) is 3.52. The molecule has 0 saturated heterocycles. The number of hydrogen-bond donors (Lipinski definition) is 0. The van der Waals surface area contributed by atoms with Crippen LogP contribution in [0.4, 0.5) is 0 Å². The van der Waals surface area contributed by atoms with Gasteiger partial charge in [-0.15, -0.1) is 0 Å². The SMILES string of the molecule is CC1=Cc2c(-c3cccc([Si](C)(C)C)c3)cccc2[CH]1[Zr]([Cl])([Cl])([CH]1C(C)=Cc2c(-c3cccc([Si](C)(C)C)c3)cccc21)[SiH](C)C. The molecule has 4 aromatic rings. The molecule has 0 heterocycles. The topological polar surface area (TPSA) is 0 Å². The van der Waals surface area contributed by atoms with Crippen molar-refractivity contribution in [2.45, 2.75) is 73.5 Å². The van der Waals surface area contributed by atoms with Crippen LogP contribution in [0.3, 0.4) is 0 Å². The molecule has 0 aliphatic heterocycles. The van der Waals surface area contributed by atoms with Gasteiger partial charge in [0.15, 0.2) is 0 Å². The summed E-state index contributed by atoms with van der Waals surface area (Å²) in [6.45, 7) is 24.0. The maximum atomic E-state index is 8.52. The molecule has 0 bridgehead atoms. The van der Waals surface area contributed by atoms with E-state index < -0.39 is 37.6 Å². The minimum atomic E-state index is -4.73. The Morgan fingerprint density at radius 3 is 1.28 bits per heavy atom. The van der Waals surface area contributed by atoms with Gasteiger partial charge < -0.3 is 0 Å². The summed E-state index contributed by atoms with van der Waals surface area (Å²) in [4.78, 5) is 0. The number of rotatable bonds is 7. The van der Waals surface area contributed by atoms with Crippen LogP contribution in [-0.4, -0.2) is 22.1 Å². The van der Waals surface area contributed by atoms with Gasteiger partial charge in [0.05, 0.1) is 0 Å². The maximum absolute atomic E-state index is 8.52. The quantitative estimate of drug-likeness (QED) is 0.164. The first-order valence-corrected chi connectivity index (χ1v) is 40.2. The van der Waals surface area contributed by atoms with Crippen molar-refractivity contribution in [2.75, 3.05) is 0 Å². The molecule has 6 heteroatoms. The zero-order valence-corrected chi connectivity index (χ0v) is 36.4. The molecule has 0 radical (unpaired) electrons. The summed E-state index contributed by atoms with van der Waals surface area (Å²) in [7, 11) is 14.1. The Kier molecular flexibility index (Phi) is 8.82. The zero-order chi connectivity index (χ0) is 33.4. The van der Waals surface area contributed by atoms with Crippen molar-refractivity contribution in [1.82, 2.24) is 0 Å². The Morgan fingerprint density at radius 1 is 0.565 bits per heavy atom. The number of benzene rings is 4. The molecule has 0 N–H and O–H groups in total. The van der Waals surface area contributed by atoms with Gasteiger partial charge in [0.2, 0.25) is 0 Å². The molecule has 2 aliphatic carbocycles. The van der Waals surface area contributed by atoms with E-state index in [-0.39, 0.29) is 7.25 Å². The molecule has 2 atom stereocenters. The average molecular weight is 776 g/mol. The van der Waals surface area contributed by atoms with E-state index in [1.165, 1.54) is 66.0 Å². The van der Waals surface area contributed by atoms with E-state index >= 15 is 0 Å². The number of fused-ring (bicyclic) bond motifs is 2. The van der Waals surface area contributed by atoms with Gasteiger partial charge in [-0.2, -0.15) is 0 Å². The molecule has 239 valence electrons. The molecule has 2 unspecified atom stereocenters. The van der Waals surface area contributed by atoms with Crippen LogP contribution in [0.2, 0.25) is 52.4 Å². The normalized spacial score (nSPS) is 18.9. The zero-order valence-electron chi connectivity index (χ0n) is 29.2. The fraction of sp³-hybridized carbons (Fsp3) is 0.300. The van der Waals surface area contributed by atoms with E-state index in [0.29, 0.717) is 0 Å². The summed E-state index contributed by atoms with van der Waals surface area (Å²) >= 11 is -4.73. The van der Waals surface area contributed by atoms with Crippen LogP contribution < -0.4 is 10.4 Å². The van der Waals surface area contributed by atoms with Gasteiger partial charge >= 0.3 is 291 Å². The van der Waals surface area contributed by atoms with E-state index in [0.717, 1.165) is 0 Å². The Hall–Kier alpha value is -1.53. The van der Waals surface area contributed by atoms with E-state index in [1.54, 1.807) is 0 Å². The molecule has 0 aromatic heterocycles. The Balaban J connectivity index is 1.51. The van der Waals surface area contributed by atoms with Crippen LogP contribution in [-0.2, 0) is 15.6 Å². The molecule has 0 spiro atoms. The fourth-order valence-corrected chi connectivity index (χ4v) is 43.5. The second-order valence-corrected chi connectivity index (χ2v) is 69.0. The number of hydrogen-bond acceptors (Lipinski definition) is 0. The second-order valence-electron chi connectivity index (χ2n) is 16.3. The Morgan fingerprint density at radius 2 is 0.935 bits per heavy atom. The summed E-state index contributed by atoms with van der Waals surface area (Å²) in [6.07, 6.45) is 4.86. The third-order valence-electron chi connectivity index (χ3n) is 10.8. The summed E-state index contributed by atoms with van der Waals surface area (Å²) in [5.74, 6) is -1.59. The van der Waals surface area contributed by atoms with Crippen molar-refractivity contribution < 1.29 is 15.6 Å². The first-order valence-electron chi connectivity index (χ1n) is 16.8. The van der Waals surface area contributed by atoms with Gasteiger partial charge in [-0.1, -0.05) is 0 Å². The van der Waals surface area contributed by atoms with Crippen LogP contribution in [0.25, 0.3) is 34.4 Å². The number of halogens is 2. The molecule has 4 aromatic carbocycles. The molecular weight excluding hydrogens is 727 g/mol. The Bertz CT molecular complexity index is 1790. The molecule has 0 amide bonds. The summed E-state index contributed by atoms with van der Waals surface area (Å²) < 4.78 is 0.203. The molecule has 46 heavy (non-hydrogen) atoms. The first-order chi connectivity index (χ1) is 21.4. The third-order valence-corrected chi connectivity index (χ3v) is 67.2. The molecule has 0 nitrogen and oxygen atoms in total. The van der Waals surface area contributed by atoms with Crippen molar-refractivity contribution in [3.05, 3.63) is 118 Å². The van der Waals surface area contributed by atoms with E-state index in [2.05, 4.69) is 163 Å². The molecular formula is C40H49Cl2Si3Zr. The molecule has 0 fully saturated rings. The molecule has 2 aliphatic rings. The van der Waals surface area contributed by atoms with Gasteiger partial charge in [0.1, 0.15) is 0 Å². The van der Waals surface area contributed by atoms with Crippen molar-refractivity contribution in [1.29, 1.82) is 0 Å². The van der Waals surface area contributed by atoms with Crippen LogP contribution in [0.5, 0.6) is 0 Å². The van der Waals surface area contributed by atoms with E-state index in [9.17, 15) is 0 Å². The fourth-order valence-electron chi connectivity index (χ4n) is 8.21. The van der Waals surface area contributed by atoms with E-state index in [4.69, 9.17) is 17.0 Å². The van der Waals surface area contributed by atoms with Crippen LogP contribution in [0.15, 0.2) is 96.1 Å². The molecule has 0 saturated carbocycles. The standard InChI is InChI=1S/2C19H21Si.C2H7Si.2ClH.Zr/c2*1-14-11-15-8-6-10-18(19(15)12-14)16-7-5-9-17(13-16)20(2,3)4;1-3-2;;;/h2*5-13H,1-4H3;3H,1-2H3;2*1H;/q;;;;;+2/p-2. The molecule has 6 rings (SSSR count). The first kappa shape index (κ1) is 34.3. The van der Waals surface area contributed by atoms with Gasteiger partial charge in [0.25, 0.3) is 0 Å². The van der Waals surface area contributed by atoms with Crippen molar-refractivity contribution >= 4 is 61.6 Å². The number of allylic oxidation sites excluding steroid dienone is 2. The summed E-state index contributed by atoms with van der Waals surface area (Å²) in [5.41, 5.74) is 13.3. The third kappa shape index (κ3) is 5.58. The summed E-state index contributed by atoms with van der Waals surface area (Å²) in [6, 6.07) is 32.3. The van der Waals surface area contributed by atoms with Gasteiger partial charge in [-0.25, -0.2) is 0 Å². The van der Waals surface area contributed by atoms with Crippen LogP contribution in [0.1, 0.15) is 43.4 Å². The Labute approximate surface area is 288 Å². The van der Waals surface area contributed by atoms with Gasteiger partial charge in [-0.3, -0.25) is 0 Å². The minimum absolute atomic E-state index is 0.102.